The van der Waals surface area contributed by atoms with Crippen molar-refractivity contribution in [2.45, 2.75) is 42.5 Å². The van der Waals surface area contributed by atoms with Gasteiger partial charge < -0.3 is 0 Å². The highest BCUT2D eigenvalue weighted by Crippen LogP contribution is 2.30. The maximum absolute atomic E-state index is 13.5. The maximum Gasteiger partial charge on any atom is 0.261 e. The minimum atomic E-state index is -3.88. The summed E-state index contributed by atoms with van der Waals surface area (Å²) in [5.74, 6) is 0.133. The zero-order chi connectivity index (χ0) is 13.9. The number of rotatable bonds is 5. The van der Waals surface area contributed by atoms with Crippen LogP contribution in [-0.2, 0) is 10.0 Å². The molecule has 106 valence electrons. The summed E-state index contributed by atoms with van der Waals surface area (Å²) in [4.78, 5) is 3.63. The number of hydrogen-bond acceptors (Lipinski definition) is 4. The largest absolute Gasteiger partial charge is 0.261 e. The standard InChI is InChI=1S/C12H17FN2O2S2/c1-2-18-11-7-3-6-10(11)15-19(16,17)12-9(13)5-4-8-14-12/h4-5,8,10-11,15H,2-3,6-7H2,1H3. The van der Waals surface area contributed by atoms with Gasteiger partial charge in [0.1, 0.15) is 0 Å². The summed E-state index contributed by atoms with van der Waals surface area (Å²) < 4.78 is 40.4. The van der Waals surface area contributed by atoms with E-state index in [4.69, 9.17) is 0 Å². The Labute approximate surface area is 117 Å². The summed E-state index contributed by atoms with van der Waals surface area (Å²) in [6.45, 7) is 2.05. The lowest BCUT2D eigenvalue weighted by atomic mass is 10.3. The molecule has 2 unspecified atom stereocenters. The molecule has 0 aromatic carbocycles. The Morgan fingerprint density at radius 2 is 2.32 bits per heavy atom. The van der Waals surface area contributed by atoms with Crippen molar-refractivity contribution in [3.8, 4) is 0 Å². The Morgan fingerprint density at radius 3 is 3.00 bits per heavy atom. The SMILES string of the molecule is CCSC1CCCC1NS(=O)(=O)c1ncccc1F. The van der Waals surface area contributed by atoms with Gasteiger partial charge in [-0.15, -0.1) is 0 Å². The van der Waals surface area contributed by atoms with Crippen molar-refractivity contribution in [3.63, 3.8) is 0 Å². The molecule has 1 aromatic rings. The number of aromatic nitrogens is 1. The molecule has 4 nitrogen and oxygen atoms in total. The predicted molar refractivity (Wildman–Crippen MR) is 74.1 cm³/mol. The van der Waals surface area contributed by atoms with Gasteiger partial charge in [-0.1, -0.05) is 13.3 Å². The summed E-state index contributed by atoms with van der Waals surface area (Å²) in [6.07, 6.45) is 4.07. The van der Waals surface area contributed by atoms with Crippen molar-refractivity contribution < 1.29 is 12.8 Å². The number of sulfonamides is 1. The van der Waals surface area contributed by atoms with E-state index in [9.17, 15) is 12.8 Å². The fourth-order valence-electron chi connectivity index (χ4n) is 2.30. The van der Waals surface area contributed by atoms with Crippen molar-refractivity contribution in [2.24, 2.45) is 0 Å². The average molecular weight is 304 g/mol. The first-order valence-corrected chi connectivity index (χ1v) is 8.82. The first-order chi connectivity index (χ1) is 9.04. The van der Waals surface area contributed by atoms with Crippen LogP contribution in [0.15, 0.2) is 23.4 Å². The van der Waals surface area contributed by atoms with Crippen LogP contribution >= 0.6 is 11.8 Å². The van der Waals surface area contributed by atoms with Gasteiger partial charge in [-0.2, -0.15) is 11.8 Å². The van der Waals surface area contributed by atoms with Gasteiger partial charge in [0.15, 0.2) is 5.82 Å². The predicted octanol–water partition coefficient (Wildman–Crippen LogP) is 2.17. The molecule has 1 N–H and O–H groups in total. The summed E-state index contributed by atoms with van der Waals surface area (Å²) in [6, 6.07) is 2.35. The molecule has 1 aliphatic rings. The van der Waals surface area contributed by atoms with E-state index in [2.05, 4.69) is 9.71 Å². The zero-order valence-electron chi connectivity index (χ0n) is 10.7. The molecule has 0 radical (unpaired) electrons. The average Bonchev–Trinajstić information content (AvgIpc) is 2.77. The topological polar surface area (TPSA) is 59.1 Å². The fraction of sp³-hybridized carbons (Fsp3) is 0.583. The first-order valence-electron chi connectivity index (χ1n) is 6.29. The highest BCUT2D eigenvalue weighted by atomic mass is 32.2. The van der Waals surface area contributed by atoms with Gasteiger partial charge in [0.05, 0.1) is 0 Å². The van der Waals surface area contributed by atoms with Crippen LogP contribution in [-0.4, -0.2) is 30.4 Å². The van der Waals surface area contributed by atoms with Crippen LogP contribution in [0.4, 0.5) is 4.39 Å². The lowest BCUT2D eigenvalue weighted by molar-refractivity contribution is 0.529. The number of nitrogens with one attached hydrogen (secondary N) is 1. The molecule has 2 rings (SSSR count). The molecular weight excluding hydrogens is 287 g/mol. The fourth-order valence-corrected chi connectivity index (χ4v) is 4.90. The molecule has 2 atom stereocenters. The van der Waals surface area contributed by atoms with Crippen LogP contribution in [0.25, 0.3) is 0 Å². The molecule has 1 heterocycles. The molecule has 7 heteroatoms. The Morgan fingerprint density at radius 1 is 1.53 bits per heavy atom. The van der Waals surface area contributed by atoms with Gasteiger partial charge in [-0.05, 0) is 30.7 Å². The summed E-state index contributed by atoms with van der Waals surface area (Å²) in [7, 11) is -3.88. The Kier molecular flexibility index (Phi) is 4.81. The minimum Gasteiger partial charge on any atom is -0.241 e. The molecule has 1 saturated carbocycles. The third-order valence-corrected chi connectivity index (χ3v) is 5.87. The molecular formula is C12H17FN2O2S2. The van der Waals surface area contributed by atoms with Crippen LogP contribution in [0.3, 0.4) is 0 Å². The van der Waals surface area contributed by atoms with Gasteiger partial charge in [0.2, 0.25) is 5.03 Å². The van der Waals surface area contributed by atoms with E-state index in [1.807, 2.05) is 6.92 Å². The lowest BCUT2D eigenvalue weighted by Gasteiger charge is -2.19. The van der Waals surface area contributed by atoms with E-state index in [1.54, 1.807) is 11.8 Å². The van der Waals surface area contributed by atoms with Gasteiger partial charge >= 0.3 is 0 Å². The second-order valence-electron chi connectivity index (χ2n) is 4.44. The van der Waals surface area contributed by atoms with Gasteiger partial charge in [0.25, 0.3) is 10.0 Å². The number of pyridine rings is 1. The molecule has 0 saturated heterocycles. The normalized spacial score (nSPS) is 23.7. The second kappa shape index (κ2) is 6.19. The molecule has 1 aromatic heterocycles. The van der Waals surface area contributed by atoms with Crippen LogP contribution in [0, 0.1) is 5.82 Å². The smallest absolute Gasteiger partial charge is 0.241 e. The Balaban J connectivity index is 2.16. The van der Waals surface area contributed by atoms with E-state index < -0.39 is 20.9 Å². The Hall–Kier alpha value is -0.660. The third-order valence-electron chi connectivity index (χ3n) is 3.12. The number of thioether (sulfide) groups is 1. The van der Waals surface area contributed by atoms with Crippen molar-refractivity contribution in [1.29, 1.82) is 0 Å². The van der Waals surface area contributed by atoms with Gasteiger partial charge in [0, 0.05) is 17.5 Å². The van der Waals surface area contributed by atoms with Crippen molar-refractivity contribution in [2.75, 3.05) is 5.75 Å². The lowest BCUT2D eigenvalue weighted by Crippen LogP contribution is -2.39. The van der Waals surface area contributed by atoms with E-state index in [0.29, 0.717) is 0 Å². The van der Waals surface area contributed by atoms with E-state index in [1.165, 1.54) is 12.3 Å². The second-order valence-corrected chi connectivity index (χ2v) is 7.59. The van der Waals surface area contributed by atoms with Crippen molar-refractivity contribution >= 4 is 21.8 Å². The van der Waals surface area contributed by atoms with Crippen LogP contribution < -0.4 is 4.72 Å². The van der Waals surface area contributed by atoms with Crippen molar-refractivity contribution in [1.82, 2.24) is 9.71 Å². The number of hydrogen-bond donors (Lipinski definition) is 1. The van der Waals surface area contributed by atoms with Crippen LogP contribution in [0.2, 0.25) is 0 Å². The van der Waals surface area contributed by atoms with Gasteiger partial charge in [-0.3, -0.25) is 0 Å². The summed E-state index contributed by atoms with van der Waals surface area (Å²) in [5.41, 5.74) is 0. The quantitative estimate of drug-likeness (QED) is 0.906. The van der Waals surface area contributed by atoms with Crippen LogP contribution in [0.1, 0.15) is 26.2 Å². The molecule has 19 heavy (non-hydrogen) atoms. The molecule has 0 bridgehead atoms. The van der Waals surface area contributed by atoms with E-state index in [0.717, 1.165) is 31.1 Å². The van der Waals surface area contributed by atoms with Crippen LogP contribution in [0.5, 0.6) is 0 Å². The maximum atomic E-state index is 13.5. The Bertz CT molecular complexity index is 536. The molecule has 0 spiro atoms. The monoisotopic (exact) mass is 304 g/mol. The molecule has 0 amide bonds. The minimum absolute atomic E-state index is 0.128. The third kappa shape index (κ3) is 3.46. The molecule has 0 aliphatic heterocycles. The first kappa shape index (κ1) is 14.7. The van der Waals surface area contributed by atoms with Crippen molar-refractivity contribution in [3.05, 3.63) is 24.1 Å². The van der Waals surface area contributed by atoms with Gasteiger partial charge in [-0.25, -0.2) is 22.5 Å². The summed E-state index contributed by atoms with van der Waals surface area (Å²) in [5, 5.41) is -0.242. The number of nitrogens with zero attached hydrogens (tertiary/aromatic N) is 1. The highest BCUT2D eigenvalue weighted by Gasteiger charge is 2.32. The van der Waals surface area contributed by atoms with E-state index >= 15 is 0 Å². The molecule has 1 fully saturated rings. The number of halogens is 1. The van der Waals surface area contributed by atoms with E-state index in [-0.39, 0.29) is 11.3 Å². The summed E-state index contributed by atoms with van der Waals surface area (Å²) >= 11 is 1.75. The highest BCUT2D eigenvalue weighted by molar-refractivity contribution is 8.00. The zero-order valence-corrected chi connectivity index (χ0v) is 12.3. The molecule has 1 aliphatic carbocycles.